The molecular formula is C19H27N3O4. The summed E-state index contributed by atoms with van der Waals surface area (Å²) in [7, 11) is 1.82. The summed E-state index contributed by atoms with van der Waals surface area (Å²) in [5.74, 6) is 1.68. The molecule has 1 atom stereocenters. The van der Waals surface area contributed by atoms with E-state index in [0.29, 0.717) is 45.0 Å². The van der Waals surface area contributed by atoms with E-state index in [9.17, 15) is 9.59 Å². The molecule has 0 spiro atoms. The predicted octanol–water partition coefficient (Wildman–Crippen LogP) is 1.93. The Kier molecular flexibility index (Phi) is 4.98. The minimum Gasteiger partial charge on any atom is -0.368 e. The number of amides is 2. The first kappa shape index (κ1) is 17.5. The molecule has 142 valence electrons. The Labute approximate surface area is 153 Å². The Hall–Kier alpha value is -1.89. The molecule has 0 radical (unpaired) electrons. The maximum atomic E-state index is 12.7. The highest BCUT2D eigenvalue weighted by molar-refractivity contribution is 5.82. The van der Waals surface area contributed by atoms with Crippen LogP contribution < -0.4 is 0 Å². The van der Waals surface area contributed by atoms with E-state index in [0.717, 1.165) is 24.3 Å². The van der Waals surface area contributed by atoms with Crippen molar-refractivity contribution < 1.29 is 18.8 Å². The number of carbonyl (C=O) groups excluding carboxylic acids is 2. The molecule has 3 aliphatic rings. The van der Waals surface area contributed by atoms with Gasteiger partial charge in [-0.25, -0.2) is 0 Å². The second-order valence-corrected chi connectivity index (χ2v) is 7.79. The van der Waals surface area contributed by atoms with E-state index in [2.05, 4.69) is 5.16 Å². The first-order valence-corrected chi connectivity index (χ1v) is 9.72. The first-order chi connectivity index (χ1) is 12.6. The summed E-state index contributed by atoms with van der Waals surface area (Å²) < 4.78 is 10.8. The number of hydrogen-bond acceptors (Lipinski definition) is 5. The fourth-order valence-electron chi connectivity index (χ4n) is 3.92. The van der Waals surface area contributed by atoms with Crippen LogP contribution >= 0.6 is 0 Å². The fraction of sp³-hybridized carbons (Fsp3) is 0.737. The maximum Gasteiger partial charge on any atom is 0.251 e. The number of likely N-dealkylation sites (tertiary alicyclic amines) is 1. The quantitative estimate of drug-likeness (QED) is 0.801. The van der Waals surface area contributed by atoms with Crippen LogP contribution in [0.1, 0.15) is 55.9 Å². The van der Waals surface area contributed by atoms with Gasteiger partial charge >= 0.3 is 0 Å². The van der Waals surface area contributed by atoms with Crippen molar-refractivity contribution in [1.82, 2.24) is 15.0 Å². The lowest BCUT2D eigenvalue weighted by Crippen LogP contribution is -2.46. The number of hydrogen-bond donors (Lipinski definition) is 0. The molecule has 26 heavy (non-hydrogen) atoms. The van der Waals surface area contributed by atoms with Gasteiger partial charge in [0.2, 0.25) is 5.91 Å². The Bertz CT molecular complexity index is 655. The number of ether oxygens (including phenoxy) is 1. The summed E-state index contributed by atoms with van der Waals surface area (Å²) >= 11 is 0. The minimum absolute atomic E-state index is 0.0247. The van der Waals surface area contributed by atoms with E-state index in [4.69, 9.17) is 9.26 Å². The van der Waals surface area contributed by atoms with Crippen molar-refractivity contribution in [2.75, 3.05) is 26.7 Å². The molecule has 4 rings (SSSR count). The largest absolute Gasteiger partial charge is 0.368 e. The van der Waals surface area contributed by atoms with Gasteiger partial charge in [0.15, 0.2) is 0 Å². The highest BCUT2D eigenvalue weighted by Gasteiger charge is 2.34. The van der Waals surface area contributed by atoms with Crippen molar-refractivity contribution in [2.45, 2.75) is 57.1 Å². The summed E-state index contributed by atoms with van der Waals surface area (Å²) in [6, 6.07) is 1.98. The molecule has 2 amide bonds. The number of aromatic nitrogens is 1. The highest BCUT2D eigenvalue weighted by atomic mass is 16.5. The molecule has 1 aliphatic carbocycles. The van der Waals surface area contributed by atoms with Gasteiger partial charge in [0.05, 0.1) is 6.54 Å². The van der Waals surface area contributed by atoms with Crippen LogP contribution in [0.15, 0.2) is 10.6 Å². The average molecular weight is 361 g/mol. The van der Waals surface area contributed by atoms with Crippen molar-refractivity contribution in [3.63, 3.8) is 0 Å². The number of nitrogens with zero attached hydrogens (tertiary/aromatic N) is 3. The summed E-state index contributed by atoms with van der Waals surface area (Å²) in [5.41, 5.74) is 0.814. The third-order valence-electron chi connectivity index (χ3n) is 5.69. The Morgan fingerprint density at radius 2 is 2.00 bits per heavy atom. The summed E-state index contributed by atoms with van der Waals surface area (Å²) in [6.07, 6.45) is 5.29. The topological polar surface area (TPSA) is 75.9 Å². The zero-order chi connectivity index (χ0) is 18.1. The smallest absolute Gasteiger partial charge is 0.251 e. The van der Waals surface area contributed by atoms with Gasteiger partial charge in [0.1, 0.15) is 17.6 Å². The molecule has 1 aromatic rings. The van der Waals surface area contributed by atoms with Gasteiger partial charge in [0, 0.05) is 44.6 Å². The van der Waals surface area contributed by atoms with Gasteiger partial charge in [-0.1, -0.05) is 5.16 Å². The minimum atomic E-state index is -0.266. The Morgan fingerprint density at radius 3 is 2.65 bits per heavy atom. The SMILES string of the molecule is CN(Cc1cc(C2CC2)on1)C(=O)C1CCN(C(=O)[C@@H]2CCCO2)CC1. The standard InChI is InChI=1S/C19H27N3O4/c1-21(12-15-11-17(26-20-15)13-4-5-13)18(23)14-6-8-22(9-7-14)19(24)16-3-2-10-25-16/h11,13-14,16H,2-10,12H2,1H3/t16-/m0/s1. The Balaban J connectivity index is 1.26. The molecule has 0 N–H and O–H groups in total. The molecule has 7 nitrogen and oxygen atoms in total. The van der Waals surface area contributed by atoms with Crippen molar-refractivity contribution in [2.24, 2.45) is 5.92 Å². The molecule has 3 heterocycles. The molecule has 1 aromatic heterocycles. The fourth-order valence-corrected chi connectivity index (χ4v) is 3.92. The molecule has 1 saturated carbocycles. The number of piperidine rings is 1. The maximum absolute atomic E-state index is 12.7. The highest BCUT2D eigenvalue weighted by Crippen LogP contribution is 2.40. The molecule has 2 aliphatic heterocycles. The van der Waals surface area contributed by atoms with Crippen LogP contribution in [-0.2, 0) is 20.9 Å². The van der Waals surface area contributed by atoms with E-state index >= 15 is 0 Å². The predicted molar refractivity (Wildman–Crippen MR) is 93.2 cm³/mol. The van der Waals surface area contributed by atoms with Gasteiger partial charge in [-0.3, -0.25) is 9.59 Å². The molecule has 3 fully saturated rings. The third kappa shape index (κ3) is 3.77. The second kappa shape index (κ2) is 7.39. The monoisotopic (exact) mass is 361 g/mol. The lowest BCUT2D eigenvalue weighted by atomic mass is 9.95. The van der Waals surface area contributed by atoms with Crippen molar-refractivity contribution in [3.05, 3.63) is 17.5 Å². The lowest BCUT2D eigenvalue weighted by Gasteiger charge is -2.34. The van der Waals surface area contributed by atoms with Crippen LogP contribution in [0.5, 0.6) is 0 Å². The lowest BCUT2D eigenvalue weighted by molar-refractivity contribution is -0.145. The van der Waals surface area contributed by atoms with Crippen molar-refractivity contribution >= 4 is 11.8 Å². The van der Waals surface area contributed by atoms with Gasteiger partial charge in [-0.2, -0.15) is 0 Å². The number of rotatable bonds is 5. The van der Waals surface area contributed by atoms with Gasteiger partial charge < -0.3 is 19.1 Å². The van der Waals surface area contributed by atoms with Crippen LogP contribution in [-0.4, -0.2) is 59.6 Å². The third-order valence-corrected chi connectivity index (χ3v) is 5.69. The molecule has 7 heteroatoms. The normalized spacial score (nSPS) is 24.0. The summed E-state index contributed by atoms with van der Waals surface area (Å²) in [5, 5.41) is 4.09. The summed E-state index contributed by atoms with van der Waals surface area (Å²) in [6.45, 7) is 2.43. The first-order valence-electron chi connectivity index (χ1n) is 9.72. The van der Waals surface area contributed by atoms with Crippen LogP contribution in [0.25, 0.3) is 0 Å². The van der Waals surface area contributed by atoms with E-state index in [1.165, 1.54) is 12.8 Å². The van der Waals surface area contributed by atoms with Gasteiger partial charge in [-0.05, 0) is 38.5 Å². The summed E-state index contributed by atoms with van der Waals surface area (Å²) in [4.78, 5) is 28.7. The molecule has 0 bridgehead atoms. The average Bonchev–Trinajstić information content (AvgIpc) is 3.17. The Morgan fingerprint density at radius 1 is 1.23 bits per heavy atom. The second-order valence-electron chi connectivity index (χ2n) is 7.79. The van der Waals surface area contributed by atoms with E-state index in [-0.39, 0.29) is 23.8 Å². The van der Waals surface area contributed by atoms with Crippen molar-refractivity contribution in [1.29, 1.82) is 0 Å². The van der Waals surface area contributed by atoms with Crippen LogP contribution in [0.4, 0.5) is 0 Å². The van der Waals surface area contributed by atoms with Crippen LogP contribution in [0.3, 0.4) is 0 Å². The zero-order valence-electron chi connectivity index (χ0n) is 15.4. The van der Waals surface area contributed by atoms with E-state index in [1.807, 2.05) is 18.0 Å². The van der Waals surface area contributed by atoms with Gasteiger partial charge in [0.25, 0.3) is 5.91 Å². The molecule has 2 saturated heterocycles. The van der Waals surface area contributed by atoms with Crippen LogP contribution in [0.2, 0.25) is 0 Å². The van der Waals surface area contributed by atoms with Gasteiger partial charge in [-0.15, -0.1) is 0 Å². The molecule has 0 unspecified atom stereocenters. The van der Waals surface area contributed by atoms with E-state index in [1.54, 1.807) is 4.90 Å². The van der Waals surface area contributed by atoms with Crippen molar-refractivity contribution in [3.8, 4) is 0 Å². The molecule has 0 aromatic carbocycles. The van der Waals surface area contributed by atoms with E-state index < -0.39 is 0 Å². The number of carbonyl (C=O) groups is 2. The van der Waals surface area contributed by atoms with Crippen LogP contribution in [0, 0.1) is 5.92 Å². The molecular weight excluding hydrogens is 334 g/mol. The zero-order valence-corrected chi connectivity index (χ0v) is 15.4.